The standard InChI is InChI=1S/C25H27Cl2N3O3/c1-2-14-30(25(32)28-24-21(26)11-6-12-22(24)27)18-23(31)29(17-20-10-7-16-33-20)15-13-19-8-4-3-5-9-19/h3-12,16H,2,13-15,17-18H2,1H3,(H,28,32). The highest BCUT2D eigenvalue weighted by Gasteiger charge is 2.23. The van der Waals surface area contributed by atoms with Crippen LogP contribution in [0.1, 0.15) is 24.7 Å². The molecular weight excluding hydrogens is 461 g/mol. The predicted octanol–water partition coefficient (Wildman–Crippen LogP) is 6.10. The number of nitrogens with one attached hydrogen (secondary N) is 1. The highest BCUT2D eigenvalue weighted by Crippen LogP contribution is 2.30. The summed E-state index contributed by atoms with van der Waals surface area (Å²) in [7, 11) is 0. The van der Waals surface area contributed by atoms with Gasteiger partial charge in [0.1, 0.15) is 12.3 Å². The van der Waals surface area contributed by atoms with Gasteiger partial charge in [0.15, 0.2) is 0 Å². The number of anilines is 1. The number of amides is 3. The van der Waals surface area contributed by atoms with Gasteiger partial charge < -0.3 is 19.5 Å². The van der Waals surface area contributed by atoms with Crippen LogP contribution in [0.25, 0.3) is 0 Å². The molecule has 0 aliphatic carbocycles. The Morgan fingerprint density at radius 1 is 0.909 bits per heavy atom. The fourth-order valence-corrected chi connectivity index (χ4v) is 3.87. The van der Waals surface area contributed by atoms with Crippen molar-refractivity contribution < 1.29 is 14.0 Å². The zero-order valence-corrected chi connectivity index (χ0v) is 20.0. The Morgan fingerprint density at radius 2 is 1.64 bits per heavy atom. The minimum Gasteiger partial charge on any atom is -0.467 e. The molecule has 8 heteroatoms. The summed E-state index contributed by atoms with van der Waals surface area (Å²) in [5.41, 5.74) is 1.46. The minimum absolute atomic E-state index is 0.0722. The molecule has 0 unspecified atom stereocenters. The van der Waals surface area contributed by atoms with E-state index in [0.717, 1.165) is 5.56 Å². The molecule has 2 aromatic carbocycles. The van der Waals surface area contributed by atoms with Gasteiger partial charge in [0.05, 0.1) is 28.5 Å². The van der Waals surface area contributed by atoms with Crippen LogP contribution in [0.2, 0.25) is 10.0 Å². The Hall–Kier alpha value is -2.96. The topological polar surface area (TPSA) is 65.8 Å². The second-order valence-corrected chi connectivity index (χ2v) is 8.39. The summed E-state index contributed by atoms with van der Waals surface area (Å²) in [6.07, 6.45) is 2.97. The summed E-state index contributed by atoms with van der Waals surface area (Å²) in [5, 5.41) is 3.41. The normalized spacial score (nSPS) is 10.6. The molecule has 0 bridgehead atoms. The summed E-state index contributed by atoms with van der Waals surface area (Å²) >= 11 is 12.4. The van der Waals surface area contributed by atoms with E-state index >= 15 is 0 Å². The molecule has 3 amide bonds. The van der Waals surface area contributed by atoms with Crippen molar-refractivity contribution in [2.45, 2.75) is 26.3 Å². The maximum absolute atomic E-state index is 13.3. The molecule has 1 heterocycles. The third-order valence-corrected chi connectivity index (χ3v) is 5.72. The van der Waals surface area contributed by atoms with Crippen molar-refractivity contribution in [3.63, 3.8) is 0 Å². The summed E-state index contributed by atoms with van der Waals surface area (Å²) in [6, 6.07) is 18.1. The first kappa shape index (κ1) is 24.7. The zero-order valence-electron chi connectivity index (χ0n) is 18.5. The maximum Gasteiger partial charge on any atom is 0.322 e. The van der Waals surface area contributed by atoms with Gasteiger partial charge in [-0.15, -0.1) is 0 Å². The van der Waals surface area contributed by atoms with E-state index in [0.29, 0.717) is 54.0 Å². The zero-order chi connectivity index (χ0) is 23.6. The lowest BCUT2D eigenvalue weighted by Crippen LogP contribution is -2.45. The van der Waals surface area contributed by atoms with Crippen molar-refractivity contribution in [1.82, 2.24) is 9.80 Å². The number of carbonyl (C=O) groups excluding carboxylic acids is 2. The van der Waals surface area contributed by atoms with Gasteiger partial charge in [-0.25, -0.2) is 4.79 Å². The number of carbonyl (C=O) groups is 2. The van der Waals surface area contributed by atoms with E-state index in [1.165, 1.54) is 4.90 Å². The molecule has 174 valence electrons. The first-order valence-electron chi connectivity index (χ1n) is 10.8. The summed E-state index contributed by atoms with van der Waals surface area (Å²) in [6.45, 7) is 3.12. The summed E-state index contributed by atoms with van der Waals surface area (Å²) in [5.74, 6) is 0.516. The number of furan rings is 1. The number of halogens is 2. The van der Waals surface area contributed by atoms with Gasteiger partial charge in [0.2, 0.25) is 5.91 Å². The van der Waals surface area contributed by atoms with Crippen molar-refractivity contribution in [3.8, 4) is 0 Å². The van der Waals surface area contributed by atoms with Gasteiger partial charge in [-0.05, 0) is 42.7 Å². The molecule has 0 radical (unpaired) electrons. The lowest BCUT2D eigenvalue weighted by atomic mass is 10.1. The van der Waals surface area contributed by atoms with Crippen molar-refractivity contribution in [3.05, 3.63) is 88.3 Å². The predicted molar refractivity (Wildman–Crippen MR) is 132 cm³/mol. The summed E-state index contributed by atoms with van der Waals surface area (Å²) < 4.78 is 5.46. The highest BCUT2D eigenvalue weighted by atomic mass is 35.5. The molecule has 3 rings (SSSR count). The number of urea groups is 1. The molecule has 0 aliphatic heterocycles. The molecule has 0 saturated carbocycles. The quantitative estimate of drug-likeness (QED) is 0.375. The molecule has 0 saturated heterocycles. The number of para-hydroxylation sites is 1. The van der Waals surface area contributed by atoms with Crippen molar-refractivity contribution in [2.75, 3.05) is 25.0 Å². The van der Waals surface area contributed by atoms with Gasteiger partial charge >= 0.3 is 6.03 Å². The van der Waals surface area contributed by atoms with Gasteiger partial charge in [0, 0.05) is 13.1 Å². The Labute approximate surface area is 204 Å². The van der Waals surface area contributed by atoms with Gasteiger partial charge in [-0.3, -0.25) is 4.79 Å². The number of hydrogen-bond acceptors (Lipinski definition) is 3. The third-order valence-electron chi connectivity index (χ3n) is 5.09. The van der Waals surface area contributed by atoms with Gasteiger partial charge in [-0.2, -0.15) is 0 Å². The Balaban J connectivity index is 1.71. The largest absolute Gasteiger partial charge is 0.467 e. The van der Waals surface area contributed by atoms with Crippen LogP contribution in [0, 0.1) is 0 Å². The lowest BCUT2D eigenvalue weighted by molar-refractivity contribution is -0.132. The van der Waals surface area contributed by atoms with Crippen LogP contribution >= 0.6 is 23.2 Å². The van der Waals surface area contributed by atoms with E-state index in [-0.39, 0.29) is 12.5 Å². The number of benzene rings is 2. The molecule has 0 spiro atoms. The Bertz CT molecular complexity index is 1020. The average Bonchev–Trinajstić information content (AvgIpc) is 3.32. The molecule has 1 N–H and O–H groups in total. The van der Waals surface area contributed by atoms with E-state index in [4.69, 9.17) is 27.6 Å². The molecule has 0 atom stereocenters. The highest BCUT2D eigenvalue weighted by molar-refractivity contribution is 6.39. The van der Waals surface area contributed by atoms with E-state index in [1.54, 1.807) is 35.4 Å². The van der Waals surface area contributed by atoms with Gasteiger partial charge in [0.25, 0.3) is 0 Å². The maximum atomic E-state index is 13.3. The first-order valence-corrected chi connectivity index (χ1v) is 11.6. The molecular formula is C25H27Cl2N3O3. The smallest absolute Gasteiger partial charge is 0.322 e. The monoisotopic (exact) mass is 487 g/mol. The average molecular weight is 488 g/mol. The van der Waals surface area contributed by atoms with Crippen LogP contribution in [0.5, 0.6) is 0 Å². The Morgan fingerprint density at radius 3 is 2.27 bits per heavy atom. The van der Waals surface area contributed by atoms with E-state index in [2.05, 4.69) is 5.32 Å². The van der Waals surface area contributed by atoms with Crippen molar-refractivity contribution >= 4 is 40.8 Å². The van der Waals surface area contributed by atoms with E-state index in [9.17, 15) is 9.59 Å². The number of hydrogen-bond donors (Lipinski definition) is 1. The van der Waals surface area contributed by atoms with Crippen LogP contribution in [-0.2, 0) is 17.8 Å². The van der Waals surface area contributed by atoms with Crippen LogP contribution in [0.15, 0.2) is 71.3 Å². The van der Waals surface area contributed by atoms with Gasteiger partial charge in [-0.1, -0.05) is 66.5 Å². The summed E-state index contributed by atoms with van der Waals surface area (Å²) in [4.78, 5) is 29.4. The van der Waals surface area contributed by atoms with Crippen molar-refractivity contribution in [2.24, 2.45) is 0 Å². The van der Waals surface area contributed by atoms with Crippen LogP contribution in [0.4, 0.5) is 10.5 Å². The minimum atomic E-state index is -0.429. The molecule has 0 aliphatic rings. The molecule has 1 aromatic heterocycles. The fourth-order valence-electron chi connectivity index (χ4n) is 3.38. The van der Waals surface area contributed by atoms with E-state index < -0.39 is 6.03 Å². The SMILES string of the molecule is CCCN(CC(=O)N(CCc1ccccc1)Cc1ccco1)C(=O)Nc1c(Cl)cccc1Cl. The second kappa shape index (κ2) is 12.3. The molecule has 3 aromatic rings. The molecule has 0 fully saturated rings. The first-order chi connectivity index (χ1) is 16.0. The van der Waals surface area contributed by atoms with Crippen LogP contribution < -0.4 is 5.32 Å². The molecule has 6 nitrogen and oxygen atoms in total. The Kier molecular flexibility index (Phi) is 9.22. The number of rotatable bonds is 10. The number of nitrogens with zero attached hydrogens (tertiary/aromatic N) is 2. The van der Waals surface area contributed by atoms with Crippen LogP contribution in [0.3, 0.4) is 0 Å². The fraction of sp³-hybridized carbons (Fsp3) is 0.280. The van der Waals surface area contributed by atoms with Crippen molar-refractivity contribution in [1.29, 1.82) is 0 Å². The second-order valence-electron chi connectivity index (χ2n) is 7.58. The lowest BCUT2D eigenvalue weighted by Gasteiger charge is -2.27. The molecule has 33 heavy (non-hydrogen) atoms. The third kappa shape index (κ3) is 7.27. The van der Waals surface area contributed by atoms with Crippen LogP contribution in [-0.4, -0.2) is 41.4 Å². The van der Waals surface area contributed by atoms with E-state index in [1.807, 2.05) is 43.3 Å².